The summed E-state index contributed by atoms with van der Waals surface area (Å²) >= 11 is 4.59. The van der Waals surface area contributed by atoms with Crippen LogP contribution in [0, 0.1) is 5.92 Å². The summed E-state index contributed by atoms with van der Waals surface area (Å²) in [5.74, 6) is -0.159. The van der Waals surface area contributed by atoms with Crippen LogP contribution < -0.4 is 16.4 Å². The Balaban J connectivity index is 3.95. The molecule has 0 aliphatic heterocycles. The maximum Gasteiger partial charge on any atom is 0.242 e. The molecule has 2 amide bonds. The van der Waals surface area contributed by atoms with E-state index >= 15 is 0 Å². The van der Waals surface area contributed by atoms with Crippen molar-refractivity contribution in [3.63, 3.8) is 0 Å². The highest BCUT2D eigenvalue weighted by Crippen LogP contribution is 1.90. The molecule has 5 nitrogen and oxygen atoms in total. The molecule has 0 radical (unpaired) electrons. The summed E-state index contributed by atoms with van der Waals surface area (Å²) in [5.41, 5.74) is 5.21. The van der Waals surface area contributed by atoms with Gasteiger partial charge in [-0.2, -0.15) is 0 Å². The zero-order valence-electron chi connectivity index (χ0n) is 9.87. The van der Waals surface area contributed by atoms with Crippen molar-refractivity contribution in [3.8, 4) is 0 Å². The van der Waals surface area contributed by atoms with E-state index < -0.39 is 6.04 Å². The van der Waals surface area contributed by atoms with Crippen molar-refractivity contribution >= 4 is 29.0 Å². The molecule has 0 rings (SSSR count). The Morgan fingerprint density at radius 1 is 1.31 bits per heavy atom. The van der Waals surface area contributed by atoms with Gasteiger partial charge < -0.3 is 16.4 Å². The number of thiocarbonyl (C=S) groups is 1. The second-order valence-corrected chi connectivity index (χ2v) is 4.60. The van der Waals surface area contributed by atoms with Crippen LogP contribution in [0.3, 0.4) is 0 Å². The minimum Gasteiger partial charge on any atom is -0.393 e. The summed E-state index contributed by atoms with van der Waals surface area (Å²) in [4.78, 5) is 22.8. The number of hydrogen-bond donors (Lipinski definition) is 3. The Bertz CT molecular complexity index is 279. The molecule has 0 saturated heterocycles. The van der Waals surface area contributed by atoms with Crippen LogP contribution in [0.1, 0.15) is 27.2 Å². The van der Waals surface area contributed by atoms with Crippen molar-refractivity contribution in [1.29, 1.82) is 0 Å². The van der Waals surface area contributed by atoms with Crippen molar-refractivity contribution in [2.24, 2.45) is 11.7 Å². The highest BCUT2D eigenvalue weighted by Gasteiger charge is 2.15. The molecule has 6 heteroatoms. The van der Waals surface area contributed by atoms with E-state index in [9.17, 15) is 9.59 Å². The lowest BCUT2D eigenvalue weighted by Crippen LogP contribution is -2.46. The maximum absolute atomic E-state index is 11.5. The van der Waals surface area contributed by atoms with Crippen LogP contribution in [-0.4, -0.2) is 29.4 Å². The number of carbonyl (C=O) groups is 2. The van der Waals surface area contributed by atoms with Gasteiger partial charge >= 0.3 is 0 Å². The summed E-state index contributed by atoms with van der Waals surface area (Å²) in [6, 6.07) is -0.569. The van der Waals surface area contributed by atoms with Gasteiger partial charge in [-0.3, -0.25) is 9.59 Å². The van der Waals surface area contributed by atoms with E-state index in [-0.39, 0.29) is 23.2 Å². The van der Waals surface area contributed by atoms with Gasteiger partial charge in [0.05, 0.1) is 11.4 Å². The summed E-state index contributed by atoms with van der Waals surface area (Å²) < 4.78 is 0. The molecule has 4 N–H and O–H groups in total. The van der Waals surface area contributed by atoms with E-state index in [2.05, 4.69) is 22.9 Å². The van der Waals surface area contributed by atoms with Crippen LogP contribution in [0.15, 0.2) is 0 Å². The molecular formula is C10H19N3O2S. The summed E-state index contributed by atoms with van der Waals surface area (Å²) in [7, 11) is 0. The van der Waals surface area contributed by atoms with Crippen LogP contribution in [0.2, 0.25) is 0 Å². The molecule has 0 aromatic rings. The molecule has 0 heterocycles. The summed E-state index contributed by atoms with van der Waals surface area (Å²) in [6.07, 6.45) is -0.0306. The first-order valence-corrected chi connectivity index (χ1v) is 5.59. The lowest BCUT2D eigenvalue weighted by Gasteiger charge is -2.14. The van der Waals surface area contributed by atoms with Crippen LogP contribution in [-0.2, 0) is 9.59 Å². The Hall–Kier alpha value is -1.17. The zero-order valence-corrected chi connectivity index (χ0v) is 10.7. The normalized spacial score (nSPS) is 12.0. The monoisotopic (exact) mass is 245 g/mol. The Morgan fingerprint density at radius 3 is 2.31 bits per heavy atom. The molecule has 0 aromatic carbocycles. The van der Waals surface area contributed by atoms with Gasteiger partial charge in [0.25, 0.3) is 0 Å². The predicted molar refractivity (Wildman–Crippen MR) is 66.9 cm³/mol. The van der Waals surface area contributed by atoms with E-state index in [0.717, 1.165) is 0 Å². The van der Waals surface area contributed by atoms with Crippen molar-refractivity contribution in [3.05, 3.63) is 0 Å². The summed E-state index contributed by atoms with van der Waals surface area (Å²) in [5, 5.41) is 5.24. The van der Waals surface area contributed by atoms with E-state index in [1.165, 1.54) is 0 Å². The number of carbonyl (C=O) groups excluding carboxylic acids is 2. The van der Waals surface area contributed by atoms with E-state index in [1.54, 1.807) is 6.92 Å². The molecule has 0 aromatic heterocycles. The molecule has 1 unspecified atom stereocenters. The van der Waals surface area contributed by atoms with Crippen LogP contribution in [0.5, 0.6) is 0 Å². The van der Waals surface area contributed by atoms with Gasteiger partial charge in [-0.15, -0.1) is 0 Å². The van der Waals surface area contributed by atoms with Gasteiger partial charge in [0, 0.05) is 6.54 Å². The first kappa shape index (κ1) is 14.8. The van der Waals surface area contributed by atoms with E-state index in [0.29, 0.717) is 12.5 Å². The summed E-state index contributed by atoms with van der Waals surface area (Å²) in [6.45, 7) is 6.20. The molecule has 0 spiro atoms. The zero-order chi connectivity index (χ0) is 12.7. The average molecular weight is 245 g/mol. The first-order valence-electron chi connectivity index (χ1n) is 5.18. The lowest BCUT2D eigenvalue weighted by molar-refractivity contribution is -0.128. The molecule has 0 saturated carbocycles. The van der Waals surface area contributed by atoms with Gasteiger partial charge in [-0.05, 0) is 12.8 Å². The SMILES string of the molecule is CC(C)CNC(=O)C(C)NC(=O)CC(N)=S. The highest BCUT2D eigenvalue weighted by molar-refractivity contribution is 7.80. The fourth-order valence-electron chi connectivity index (χ4n) is 0.974. The number of nitrogens with one attached hydrogen (secondary N) is 2. The average Bonchev–Trinajstić information content (AvgIpc) is 2.12. The molecular weight excluding hydrogens is 226 g/mol. The second kappa shape index (κ2) is 7.16. The van der Waals surface area contributed by atoms with Gasteiger partial charge in [0.2, 0.25) is 11.8 Å². The third kappa shape index (κ3) is 7.17. The number of hydrogen-bond acceptors (Lipinski definition) is 3. The molecule has 0 bridgehead atoms. The number of amides is 2. The third-order valence-corrected chi connectivity index (χ3v) is 1.93. The Labute approximate surface area is 101 Å². The van der Waals surface area contributed by atoms with Gasteiger partial charge in [-0.25, -0.2) is 0 Å². The van der Waals surface area contributed by atoms with Crippen LogP contribution in [0.4, 0.5) is 0 Å². The molecule has 0 aliphatic rings. The molecule has 92 valence electrons. The highest BCUT2D eigenvalue weighted by atomic mass is 32.1. The van der Waals surface area contributed by atoms with Crippen LogP contribution >= 0.6 is 12.2 Å². The van der Waals surface area contributed by atoms with Crippen molar-refractivity contribution in [1.82, 2.24) is 10.6 Å². The van der Waals surface area contributed by atoms with E-state index in [1.807, 2.05) is 13.8 Å². The quantitative estimate of drug-likeness (QED) is 0.572. The minimum atomic E-state index is -0.569. The fraction of sp³-hybridized carbons (Fsp3) is 0.700. The van der Waals surface area contributed by atoms with Gasteiger partial charge in [-0.1, -0.05) is 26.1 Å². The Morgan fingerprint density at radius 2 is 1.88 bits per heavy atom. The topological polar surface area (TPSA) is 84.2 Å². The fourth-order valence-corrected chi connectivity index (χ4v) is 1.11. The third-order valence-electron chi connectivity index (χ3n) is 1.79. The lowest BCUT2D eigenvalue weighted by atomic mass is 10.2. The largest absolute Gasteiger partial charge is 0.393 e. The van der Waals surface area contributed by atoms with Crippen molar-refractivity contribution < 1.29 is 9.59 Å². The Kier molecular flexibility index (Phi) is 6.64. The number of rotatable bonds is 6. The second-order valence-electron chi connectivity index (χ2n) is 4.07. The van der Waals surface area contributed by atoms with Gasteiger partial charge in [0.15, 0.2) is 0 Å². The van der Waals surface area contributed by atoms with Gasteiger partial charge in [0.1, 0.15) is 6.04 Å². The van der Waals surface area contributed by atoms with E-state index in [4.69, 9.17) is 5.73 Å². The predicted octanol–water partition coefficient (Wildman–Crippen LogP) is -0.0605. The smallest absolute Gasteiger partial charge is 0.242 e. The number of nitrogens with two attached hydrogens (primary N) is 1. The molecule has 0 aliphatic carbocycles. The first-order chi connectivity index (χ1) is 7.32. The molecule has 0 fully saturated rings. The maximum atomic E-state index is 11.5. The van der Waals surface area contributed by atoms with Crippen molar-refractivity contribution in [2.75, 3.05) is 6.54 Å². The molecule has 16 heavy (non-hydrogen) atoms. The minimum absolute atomic E-state index is 0.0306. The molecule has 1 atom stereocenters. The standard InChI is InChI=1S/C10H19N3O2S/c1-6(2)5-12-10(15)7(3)13-9(14)4-8(11)16/h6-7H,4-5H2,1-3H3,(H2,11,16)(H,12,15)(H,13,14). The van der Waals surface area contributed by atoms with Crippen molar-refractivity contribution in [2.45, 2.75) is 33.2 Å². The van der Waals surface area contributed by atoms with Crippen LogP contribution in [0.25, 0.3) is 0 Å².